The maximum Gasteiger partial charge on any atom is 0.268 e. The number of fused-ring (bicyclic) bond motifs is 2. The summed E-state index contributed by atoms with van der Waals surface area (Å²) in [5, 5.41) is 11.2. The molecule has 0 saturated heterocycles. The van der Waals surface area contributed by atoms with Crippen LogP contribution in [0.5, 0.6) is 0 Å². The molecule has 0 atom stereocenters. The van der Waals surface area contributed by atoms with Crippen LogP contribution in [0.25, 0.3) is 5.65 Å². The Labute approximate surface area is 184 Å². The van der Waals surface area contributed by atoms with Gasteiger partial charge < -0.3 is 9.88 Å². The van der Waals surface area contributed by atoms with Gasteiger partial charge in [0.25, 0.3) is 5.91 Å². The van der Waals surface area contributed by atoms with Gasteiger partial charge >= 0.3 is 0 Å². The minimum Gasteiger partial charge on any atom is -0.345 e. The van der Waals surface area contributed by atoms with E-state index in [2.05, 4.69) is 20.5 Å². The molecule has 1 N–H and O–H groups in total. The highest BCUT2D eigenvalue weighted by atomic mass is 32.2. The van der Waals surface area contributed by atoms with Crippen LogP contribution in [0.3, 0.4) is 0 Å². The fraction of sp³-hybridized carbons (Fsp3) is 0.300. The van der Waals surface area contributed by atoms with Crippen molar-refractivity contribution in [2.24, 2.45) is 7.05 Å². The van der Waals surface area contributed by atoms with Crippen molar-refractivity contribution in [3.63, 3.8) is 0 Å². The van der Waals surface area contributed by atoms with Crippen molar-refractivity contribution >= 4 is 21.6 Å². The SMILES string of the molecule is Cc1c(S(=O)(=O)N2CCn3nccc3C2)cc(C(=O)NCc2cccc3ncnn23)n1C. The molecule has 1 aliphatic rings. The van der Waals surface area contributed by atoms with Crippen LogP contribution in [0, 0.1) is 6.92 Å². The lowest BCUT2D eigenvalue weighted by Crippen LogP contribution is -2.38. The summed E-state index contributed by atoms with van der Waals surface area (Å²) in [6, 6.07) is 8.77. The molecule has 0 spiro atoms. The van der Waals surface area contributed by atoms with Crippen LogP contribution in [0.1, 0.15) is 27.6 Å². The smallest absolute Gasteiger partial charge is 0.268 e. The number of sulfonamides is 1. The molecule has 0 bridgehead atoms. The monoisotopic (exact) mass is 454 g/mol. The first-order chi connectivity index (χ1) is 15.4. The van der Waals surface area contributed by atoms with Crippen molar-refractivity contribution in [3.05, 3.63) is 65.6 Å². The largest absolute Gasteiger partial charge is 0.345 e. The van der Waals surface area contributed by atoms with Crippen LogP contribution in [-0.2, 0) is 36.7 Å². The number of carbonyl (C=O) groups is 1. The molecule has 1 amide bonds. The highest BCUT2D eigenvalue weighted by Gasteiger charge is 2.32. The standard InChI is InChI=1S/C20H22N8O3S/c1-14-18(32(30,31)26-8-9-27-16(12-26)6-7-23-27)10-17(25(14)2)20(29)21-11-15-4-3-5-19-22-13-24-28(15)19/h3-7,10,13H,8-9,11-12H2,1-2H3,(H,21,29). The minimum absolute atomic E-state index is 0.136. The number of rotatable bonds is 5. The second-order valence-electron chi connectivity index (χ2n) is 7.65. The van der Waals surface area contributed by atoms with Gasteiger partial charge in [0, 0.05) is 25.5 Å². The summed E-state index contributed by atoms with van der Waals surface area (Å²) in [5.74, 6) is -0.370. The maximum atomic E-state index is 13.4. The van der Waals surface area contributed by atoms with E-state index in [0.29, 0.717) is 24.4 Å². The lowest BCUT2D eigenvalue weighted by Gasteiger charge is -2.26. The van der Waals surface area contributed by atoms with Crippen LogP contribution < -0.4 is 5.32 Å². The van der Waals surface area contributed by atoms with Gasteiger partial charge in [0.15, 0.2) is 5.65 Å². The van der Waals surface area contributed by atoms with E-state index in [-0.39, 0.29) is 29.6 Å². The Kier molecular flexibility index (Phi) is 4.82. The Hall–Kier alpha value is -3.51. The molecule has 0 fully saturated rings. The van der Waals surface area contributed by atoms with E-state index in [9.17, 15) is 13.2 Å². The Balaban J connectivity index is 1.38. The Morgan fingerprint density at radius 1 is 1.19 bits per heavy atom. The zero-order valence-corrected chi connectivity index (χ0v) is 18.4. The van der Waals surface area contributed by atoms with Crippen molar-refractivity contribution in [1.82, 2.24) is 38.6 Å². The van der Waals surface area contributed by atoms with E-state index in [4.69, 9.17) is 0 Å². The third-order valence-electron chi connectivity index (χ3n) is 5.85. The van der Waals surface area contributed by atoms with Gasteiger partial charge in [0.1, 0.15) is 16.9 Å². The fourth-order valence-electron chi connectivity index (χ4n) is 3.95. The van der Waals surface area contributed by atoms with Gasteiger partial charge in [-0.25, -0.2) is 17.9 Å². The lowest BCUT2D eigenvalue weighted by atomic mass is 10.3. The quantitative estimate of drug-likeness (QED) is 0.474. The predicted molar refractivity (Wildman–Crippen MR) is 114 cm³/mol. The number of aromatic nitrogens is 6. The van der Waals surface area contributed by atoms with E-state index in [1.165, 1.54) is 16.7 Å². The summed E-state index contributed by atoms with van der Waals surface area (Å²) in [7, 11) is -2.08. The molecule has 5 rings (SSSR count). The van der Waals surface area contributed by atoms with Gasteiger partial charge in [-0.1, -0.05) is 6.07 Å². The third kappa shape index (κ3) is 3.28. The first-order valence-corrected chi connectivity index (χ1v) is 11.5. The van der Waals surface area contributed by atoms with Crippen molar-refractivity contribution < 1.29 is 13.2 Å². The number of hydrogen-bond donors (Lipinski definition) is 1. The first-order valence-electron chi connectivity index (χ1n) is 10.1. The molecule has 4 aromatic heterocycles. The Bertz CT molecular complexity index is 1430. The van der Waals surface area contributed by atoms with Crippen molar-refractivity contribution in [3.8, 4) is 0 Å². The molecule has 11 nitrogen and oxygen atoms in total. The van der Waals surface area contributed by atoms with Crippen molar-refractivity contribution in [1.29, 1.82) is 0 Å². The van der Waals surface area contributed by atoms with Crippen molar-refractivity contribution in [2.45, 2.75) is 31.5 Å². The van der Waals surface area contributed by atoms with Crippen LogP contribution in [-0.4, -0.2) is 54.1 Å². The Morgan fingerprint density at radius 2 is 2.03 bits per heavy atom. The Morgan fingerprint density at radius 3 is 2.88 bits per heavy atom. The number of hydrogen-bond acceptors (Lipinski definition) is 6. The average molecular weight is 455 g/mol. The van der Waals surface area contributed by atoms with Gasteiger partial charge in [-0.3, -0.25) is 9.48 Å². The molecular weight excluding hydrogens is 432 g/mol. The number of nitrogens with one attached hydrogen (secondary N) is 1. The van der Waals surface area contributed by atoms with Crippen LogP contribution in [0.15, 0.2) is 47.8 Å². The molecule has 0 aromatic carbocycles. The average Bonchev–Trinajstić information content (AvgIpc) is 3.51. The number of pyridine rings is 1. The van der Waals surface area contributed by atoms with E-state index in [1.807, 2.05) is 24.3 Å². The van der Waals surface area contributed by atoms with E-state index in [0.717, 1.165) is 11.4 Å². The molecule has 0 aliphatic carbocycles. The molecule has 4 aromatic rings. The number of nitrogens with zero attached hydrogens (tertiary/aromatic N) is 7. The minimum atomic E-state index is -3.77. The maximum absolute atomic E-state index is 13.4. The molecule has 0 radical (unpaired) electrons. The summed E-state index contributed by atoms with van der Waals surface area (Å²) in [5.41, 5.74) is 3.06. The molecule has 0 saturated carbocycles. The van der Waals surface area contributed by atoms with Gasteiger partial charge in [0.2, 0.25) is 10.0 Å². The number of carbonyl (C=O) groups excluding carboxylic acids is 1. The second-order valence-corrected chi connectivity index (χ2v) is 9.56. The molecule has 0 unspecified atom stereocenters. The second kappa shape index (κ2) is 7.57. The van der Waals surface area contributed by atoms with Gasteiger partial charge in [-0.15, -0.1) is 0 Å². The molecule has 32 heavy (non-hydrogen) atoms. The van der Waals surface area contributed by atoms with Gasteiger partial charge in [0.05, 0.1) is 31.0 Å². The first kappa shape index (κ1) is 20.4. The lowest BCUT2D eigenvalue weighted by molar-refractivity contribution is 0.0942. The number of amides is 1. The highest BCUT2D eigenvalue weighted by molar-refractivity contribution is 7.89. The highest BCUT2D eigenvalue weighted by Crippen LogP contribution is 2.26. The normalized spacial score (nSPS) is 14.6. The molecule has 12 heteroatoms. The molecule has 166 valence electrons. The van der Waals surface area contributed by atoms with E-state index in [1.54, 1.807) is 33.9 Å². The summed E-state index contributed by atoms with van der Waals surface area (Å²) >= 11 is 0. The van der Waals surface area contributed by atoms with Gasteiger partial charge in [-0.2, -0.15) is 14.5 Å². The summed E-state index contributed by atoms with van der Waals surface area (Å²) in [6.45, 7) is 3.00. The topological polar surface area (TPSA) is 119 Å². The molecule has 1 aliphatic heterocycles. The predicted octanol–water partition coefficient (Wildman–Crippen LogP) is 0.707. The van der Waals surface area contributed by atoms with Gasteiger partial charge in [-0.05, 0) is 31.2 Å². The van der Waals surface area contributed by atoms with E-state index < -0.39 is 10.0 Å². The fourth-order valence-corrected chi connectivity index (χ4v) is 5.63. The van der Waals surface area contributed by atoms with E-state index >= 15 is 0 Å². The molecule has 5 heterocycles. The molecular formula is C20H22N8O3S. The van der Waals surface area contributed by atoms with Crippen LogP contribution in [0.2, 0.25) is 0 Å². The van der Waals surface area contributed by atoms with Crippen LogP contribution >= 0.6 is 0 Å². The van der Waals surface area contributed by atoms with Crippen LogP contribution in [0.4, 0.5) is 0 Å². The zero-order chi connectivity index (χ0) is 22.5. The zero-order valence-electron chi connectivity index (χ0n) is 17.6. The van der Waals surface area contributed by atoms with Crippen molar-refractivity contribution in [2.75, 3.05) is 6.54 Å². The third-order valence-corrected chi connectivity index (χ3v) is 7.81. The summed E-state index contributed by atoms with van der Waals surface area (Å²) < 4.78 is 33.2. The summed E-state index contributed by atoms with van der Waals surface area (Å²) in [4.78, 5) is 17.2. The summed E-state index contributed by atoms with van der Waals surface area (Å²) in [6.07, 6.45) is 3.12.